The molecule has 0 spiro atoms. The molecule has 0 aromatic carbocycles. The summed E-state index contributed by atoms with van der Waals surface area (Å²) in [5, 5.41) is 3.36. The van der Waals surface area contributed by atoms with E-state index >= 15 is 0 Å². The number of hydrogen-bond acceptors (Lipinski definition) is 3. The van der Waals surface area contributed by atoms with Crippen molar-refractivity contribution in [1.82, 2.24) is 4.98 Å². The third-order valence-corrected chi connectivity index (χ3v) is 4.43. The Morgan fingerprint density at radius 2 is 2.47 bits per heavy atom. The molecule has 2 nitrogen and oxygen atoms in total. The topological polar surface area (TPSA) is 38.9 Å². The number of rotatable bonds is 3. The van der Waals surface area contributed by atoms with E-state index in [0.717, 1.165) is 18.9 Å². The van der Waals surface area contributed by atoms with E-state index in [1.165, 1.54) is 30.0 Å². The number of aromatic nitrogens is 1. The standard InChI is InChI=1S/C12H20N2S/c1-9-3-4-12(5-9,8-13)6-11-7-15-10(2)14-11/h7,9H,3-6,8,13H2,1-2H3. The summed E-state index contributed by atoms with van der Waals surface area (Å²) in [6.45, 7) is 5.22. The fourth-order valence-electron chi connectivity index (χ4n) is 2.79. The van der Waals surface area contributed by atoms with Crippen molar-refractivity contribution < 1.29 is 0 Å². The van der Waals surface area contributed by atoms with Gasteiger partial charge in [0.25, 0.3) is 0 Å². The first kappa shape index (κ1) is 11.1. The van der Waals surface area contributed by atoms with Crippen molar-refractivity contribution in [3.05, 3.63) is 16.1 Å². The highest BCUT2D eigenvalue weighted by molar-refractivity contribution is 7.09. The van der Waals surface area contributed by atoms with Gasteiger partial charge >= 0.3 is 0 Å². The molecule has 15 heavy (non-hydrogen) atoms. The molecule has 2 N–H and O–H groups in total. The molecule has 2 rings (SSSR count). The van der Waals surface area contributed by atoms with Gasteiger partial charge in [0.15, 0.2) is 0 Å². The molecule has 84 valence electrons. The molecule has 2 atom stereocenters. The SMILES string of the molecule is Cc1nc(CC2(CN)CCC(C)C2)cs1. The van der Waals surface area contributed by atoms with Gasteiger partial charge in [0.1, 0.15) is 0 Å². The van der Waals surface area contributed by atoms with Gasteiger partial charge in [-0.1, -0.05) is 13.3 Å². The summed E-state index contributed by atoms with van der Waals surface area (Å²) in [7, 11) is 0. The van der Waals surface area contributed by atoms with Crippen molar-refractivity contribution in [2.75, 3.05) is 6.54 Å². The van der Waals surface area contributed by atoms with E-state index in [1.807, 2.05) is 0 Å². The highest BCUT2D eigenvalue weighted by Gasteiger charge is 2.36. The number of nitrogens with two attached hydrogens (primary N) is 1. The molecule has 0 aliphatic heterocycles. The predicted octanol–water partition coefficient (Wildman–Crippen LogP) is 2.76. The highest BCUT2D eigenvalue weighted by atomic mass is 32.1. The van der Waals surface area contributed by atoms with Crippen molar-refractivity contribution in [3.8, 4) is 0 Å². The smallest absolute Gasteiger partial charge is 0.0897 e. The van der Waals surface area contributed by atoms with Crippen LogP contribution in [-0.4, -0.2) is 11.5 Å². The van der Waals surface area contributed by atoms with Crippen LogP contribution in [0.3, 0.4) is 0 Å². The lowest BCUT2D eigenvalue weighted by atomic mass is 9.81. The van der Waals surface area contributed by atoms with Crippen LogP contribution < -0.4 is 5.73 Å². The summed E-state index contributed by atoms with van der Waals surface area (Å²) >= 11 is 1.75. The van der Waals surface area contributed by atoms with Gasteiger partial charge in [0.05, 0.1) is 10.7 Å². The molecule has 1 fully saturated rings. The van der Waals surface area contributed by atoms with Crippen molar-refractivity contribution in [3.63, 3.8) is 0 Å². The third kappa shape index (κ3) is 2.40. The van der Waals surface area contributed by atoms with Crippen molar-refractivity contribution >= 4 is 11.3 Å². The fraction of sp³-hybridized carbons (Fsp3) is 0.750. The predicted molar refractivity (Wildman–Crippen MR) is 65.1 cm³/mol. The average molecular weight is 224 g/mol. The summed E-state index contributed by atoms with van der Waals surface area (Å²) in [6.07, 6.45) is 4.97. The number of hydrogen-bond donors (Lipinski definition) is 1. The highest BCUT2D eigenvalue weighted by Crippen LogP contribution is 2.43. The van der Waals surface area contributed by atoms with E-state index in [4.69, 9.17) is 5.73 Å². The first-order chi connectivity index (χ1) is 7.13. The lowest BCUT2D eigenvalue weighted by molar-refractivity contribution is 0.293. The molecular formula is C12H20N2S. The summed E-state index contributed by atoms with van der Waals surface area (Å²) in [5.41, 5.74) is 7.56. The van der Waals surface area contributed by atoms with Gasteiger partial charge in [-0.15, -0.1) is 11.3 Å². The van der Waals surface area contributed by atoms with Crippen molar-refractivity contribution in [2.45, 2.75) is 39.5 Å². The molecular weight excluding hydrogens is 204 g/mol. The summed E-state index contributed by atoms with van der Waals surface area (Å²) in [6, 6.07) is 0. The maximum atomic E-state index is 5.96. The van der Waals surface area contributed by atoms with E-state index in [9.17, 15) is 0 Å². The molecule has 0 amide bonds. The Morgan fingerprint density at radius 1 is 1.67 bits per heavy atom. The zero-order chi connectivity index (χ0) is 10.9. The Balaban J connectivity index is 2.08. The lowest BCUT2D eigenvalue weighted by Crippen LogP contribution is -2.30. The molecule has 3 heteroatoms. The van der Waals surface area contributed by atoms with E-state index in [-0.39, 0.29) is 0 Å². The van der Waals surface area contributed by atoms with Crippen LogP contribution in [0.5, 0.6) is 0 Å². The molecule has 1 aromatic heterocycles. The lowest BCUT2D eigenvalue weighted by Gasteiger charge is -2.26. The van der Waals surface area contributed by atoms with Gasteiger partial charge in [-0.25, -0.2) is 4.98 Å². The van der Waals surface area contributed by atoms with E-state index in [2.05, 4.69) is 24.2 Å². The third-order valence-electron chi connectivity index (χ3n) is 3.60. The van der Waals surface area contributed by atoms with Crippen LogP contribution in [0.1, 0.15) is 36.9 Å². The molecule has 2 unspecified atom stereocenters. The largest absolute Gasteiger partial charge is 0.330 e. The second-order valence-corrected chi connectivity index (χ2v) is 6.15. The first-order valence-corrected chi connectivity index (χ1v) is 6.63. The number of thiazole rings is 1. The fourth-order valence-corrected chi connectivity index (χ4v) is 3.40. The minimum Gasteiger partial charge on any atom is -0.330 e. The number of aryl methyl sites for hydroxylation is 1. The molecule has 1 aliphatic carbocycles. The number of nitrogens with zero attached hydrogens (tertiary/aromatic N) is 1. The Morgan fingerprint density at radius 3 is 2.93 bits per heavy atom. The normalized spacial score (nSPS) is 31.0. The Bertz CT molecular complexity index is 334. The van der Waals surface area contributed by atoms with Gasteiger partial charge in [-0.05, 0) is 44.1 Å². The van der Waals surface area contributed by atoms with Gasteiger partial charge in [-0.2, -0.15) is 0 Å². The molecule has 0 bridgehead atoms. The van der Waals surface area contributed by atoms with Crippen LogP contribution >= 0.6 is 11.3 Å². The molecule has 1 aliphatic rings. The van der Waals surface area contributed by atoms with E-state index in [0.29, 0.717) is 5.41 Å². The molecule has 1 aromatic rings. The van der Waals surface area contributed by atoms with Gasteiger partial charge in [0, 0.05) is 5.38 Å². The summed E-state index contributed by atoms with van der Waals surface area (Å²) < 4.78 is 0. The molecule has 0 saturated heterocycles. The van der Waals surface area contributed by atoms with Crippen LogP contribution in [0.4, 0.5) is 0 Å². The van der Waals surface area contributed by atoms with Crippen LogP contribution in [-0.2, 0) is 6.42 Å². The Labute approximate surface area is 95.9 Å². The second-order valence-electron chi connectivity index (χ2n) is 5.09. The van der Waals surface area contributed by atoms with Crippen molar-refractivity contribution in [2.24, 2.45) is 17.1 Å². The van der Waals surface area contributed by atoms with E-state index < -0.39 is 0 Å². The average Bonchev–Trinajstić information content (AvgIpc) is 2.75. The monoisotopic (exact) mass is 224 g/mol. The minimum absolute atomic E-state index is 0.347. The Hall–Kier alpha value is -0.410. The summed E-state index contributed by atoms with van der Waals surface area (Å²) in [5.74, 6) is 0.841. The van der Waals surface area contributed by atoms with Gasteiger partial charge in [0.2, 0.25) is 0 Å². The quantitative estimate of drug-likeness (QED) is 0.857. The van der Waals surface area contributed by atoms with E-state index in [1.54, 1.807) is 11.3 Å². The van der Waals surface area contributed by atoms with Crippen molar-refractivity contribution in [1.29, 1.82) is 0 Å². The summed E-state index contributed by atoms with van der Waals surface area (Å²) in [4.78, 5) is 4.56. The zero-order valence-electron chi connectivity index (χ0n) is 9.62. The molecule has 1 saturated carbocycles. The van der Waals surface area contributed by atoms with Gasteiger partial charge in [-0.3, -0.25) is 0 Å². The first-order valence-electron chi connectivity index (χ1n) is 5.75. The molecule has 1 heterocycles. The maximum absolute atomic E-state index is 5.96. The van der Waals surface area contributed by atoms with Crippen LogP contribution in [0.25, 0.3) is 0 Å². The minimum atomic E-state index is 0.347. The maximum Gasteiger partial charge on any atom is 0.0897 e. The van der Waals surface area contributed by atoms with Crippen LogP contribution in [0, 0.1) is 18.3 Å². The second kappa shape index (κ2) is 4.22. The van der Waals surface area contributed by atoms with Gasteiger partial charge < -0.3 is 5.73 Å². The zero-order valence-corrected chi connectivity index (χ0v) is 10.4. The van der Waals surface area contributed by atoms with Crippen LogP contribution in [0.2, 0.25) is 0 Å². The molecule has 0 radical (unpaired) electrons. The van der Waals surface area contributed by atoms with Crippen LogP contribution in [0.15, 0.2) is 5.38 Å². The Kier molecular flexibility index (Phi) is 3.12.